The summed E-state index contributed by atoms with van der Waals surface area (Å²) in [4.78, 5) is 18.3. The van der Waals surface area contributed by atoms with Crippen LogP contribution in [-0.2, 0) is 0 Å². The van der Waals surface area contributed by atoms with Gasteiger partial charge in [-0.3, -0.25) is 4.79 Å². The molecule has 20 heavy (non-hydrogen) atoms. The molecule has 0 saturated carbocycles. The molecule has 0 N–H and O–H groups in total. The monoisotopic (exact) mass is 330 g/mol. The Morgan fingerprint density at radius 1 is 1.45 bits per heavy atom. The van der Waals surface area contributed by atoms with E-state index in [0.29, 0.717) is 20.8 Å². The Hall–Kier alpha value is -1.11. The van der Waals surface area contributed by atoms with Crippen LogP contribution in [0.3, 0.4) is 0 Å². The van der Waals surface area contributed by atoms with Crippen molar-refractivity contribution in [3.05, 3.63) is 33.0 Å². The van der Waals surface area contributed by atoms with Crippen molar-refractivity contribution in [2.24, 2.45) is 0 Å². The summed E-state index contributed by atoms with van der Waals surface area (Å²) in [6, 6.07) is 1.80. The van der Waals surface area contributed by atoms with E-state index in [9.17, 15) is 4.79 Å². The third kappa shape index (κ3) is 2.68. The van der Waals surface area contributed by atoms with Gasteiger partial charge in [0.1, 0.15) is 17.0 Å². The molecule has 5 nitrogen and oxygen atoms in total. The van der Waals surface area contributed by atoms with Gasteiger partial charge in [0, 0.05) is 13.1 Å². The highest BCUT2D eigenvalue weighted by atomic mass is 35.5. The zero-order valence-electron chi connectivity index (χ0n) is 10.5. The van der Waals surface area contributed by atoms with Crippen LogP contribution in [0.25, 0.3) is 0 Å². The molecule has 1 aliphatic heterocycles. The molecule has 1 aliphatic rings. The van der Waals surface area contributed by atoms with Crippen molar-refractivity contribution in [1.29, 1.82) is 0 Å². The molecule has 1 amide bonds. The Bertz CT molecular complexity index is 613. The number of piperidine rings is 1. The number of amides is 1. The summed E-state index contributed by atoms with van der Waals surface area (Å²) >= 11 is 13.2. The fraction of sp³-hybridized carbons (Fsp3) is 0.417. The number of halogens is 2. The third-order valence-electron chi connectivity index (χ3n) is 3.38. The van der Waals surface area contributed by atoms with Gasteiger partial charge >= 0.3 is 0 Å². The summed E-state index contributed by atoms with van der Waals surface area (Å²) in [5.41, 5.74) is 0.487. The van der Waals surface area contributed by atoms with Crippen molar-refractivity contribution in [2.75, 3.05) is 13.1 Å². The SMILES string of the molecule is O=C(c1cc(Cl)sc1Cl)N1CCC[C@@H](n2cncn2)C1. The Kier molecular flexibility index (Phi) is 3.96. The van der Waals surface area contributed by atoms with Gasteiger partial charge in [-0.15, -0.1) is 11.3 Å². The van der Waals surface area contributed by atoms with Gasteiger partial charge in [0.15, 0.2) is 0 Å². The maximum atomic E-state index is 12.5. The van der Waals surface area contributed by atoms with E-state index in [1.165, 1.54) is 17.7 Å². The van der Waals surface area contributed by atoms with E-state index in [1.54, 1.807) is 17.3 Å². The number of nitrogens with zero attached hydrogens (tertiary/aromatic N) is 4. The van der Waals surface area contributed by atoms with E-state index in [4.69, 9.17) is 23.2 Å². The maximum Gasteiger partial charge on any atom is 0.256 e. The number of carbonyl (C=O) groups excluding carboxylic acids is 1. The van der Waals surface area contributed by atoms with Gasteiger partial charge in [-0.25, -0.2) is 9.67 Å². The molecular weight excluding hydrogens is 319 g/mol. The van der Waals surface area contributed by atoms with Gasteiger partial charge in [0.05, 0.1) is 15.9 Å². The molecule has 1 atom stereocenters. The van der Waals surface area contributed by atoms with E-state index in [-0.39, 0.29) is 11.9 Å². The fourth-order valence-corrected chi connectivity index (χ4v) is 3.87. The number of rotatable bonds is 2. The van der Waals surface area contributed by atoms with Crippen LogP contribution in [0.15, 0.2) is 18.7 Å². The lowest BCUT2D eigenvalue weighted by atomic mass is 10.1. The molecule has 106 valence electrons. The molecule has 0 aromatic carbocycles. The molecule has 0 aliphatic carbocycles. The topological polar surface area (TPSA) is 51.0 Å². The first-order valence-electron chi connectivity index (χ1n) is 6.23. The van der Waals surface area contributed by atoms with Gasteiger partial charge in [0.25, 0.3) is 5.91 Å². The molecule has 0 bridgehead atoms. The van der Waals surface area contributed by atoms with Crippen LogP contribution >= 0.6 is 34.5 Å². The highest BCUT2D eigenvalue weighted by Gasteiger charge is 2.27. The van der Waals surface area contributed by atoms with Gasteiger partial charge in [-0.05, 0) is 18.9 Å². The second-order valence-electron chi connectivity index (χ2n) is 4.66. The van der Waals surface area contributed by atoms with Crippen molar-refractivity contribution in [3.8, 4) is 0 Å². The smallest absolute Gasteiger partial charge is 0.256 e. The Balaban J connectivity index is 1.77. The minimum Gasteiger partial charge on any atom is -0.336 e. The van der Waals surface area contributed by atoms with Crippen LogP contribution in [0, 0.1) is 0 Å². The molecule has 0 radical (unpaired) electrons. The lowest BCUT2D eigenvalue weighted by Crippen LogP contribution is -2.40. The molecule has 2 aromatic rings. The van der Waals surface area contributed by atoms with Crippen LogP contribution < -0.4 is 0 Å². The molecule has 1 saturated heterocycles. The number of hydrogen-bond acceptors (Lipinski definition) is 4. The lowest BCUT2D eigenvalue weighted by Gasteiger charge is -2.32. The summed E-state index contributed by atoms with van der Waals surface area (Å²) < 4.78 is 2.79. The zero-order valence-corrected chi connectivity index (χ0v) is 12.8. The van der Waals surface area contributed by atoms with Crippen molar-refractivity contribution >= 4 is 40.4 Å². The van der Waals surface area contributed by atoms with Crippen LogP contribution in [0.4, 0.5) is 0 Å². The van der Waals surface area contributed by atoms with E-state index in [1.807, 2.05) is 4.68 Å². The van der Waals surface area contributed by atoms with Crippen molar-refractivity contribution < 1.29 is 4.79 Å². The highest BCUT2D eigenvalue weighted by molar-refractivity contribution is 7.20. The van der Waals surface area contributed by atoms with Crippen LogP contribution in [0.5, 0.6) is 0 Å². The average Bonchev–Trinajstić information content (AvgIpc) is 3.08. The van der Waals surface area contributed by atoms with Crippen LogP contribution in [0.2, 0.25) is 8.67 Å². The van der Waals surface area contributed by atoms with Gasteiger partial charge in [0.2, 0.25) is 0 Å². The molecular formula is C12H12Cl2N4OS. The zero-order chi connectivity index (χ0) is 14.1. The normalized spacial score (nSPS) is 19.3. The lowest BCUT2D eigenvalue weighted by molar-refractivity contribution is 0.0673. The first kappa shape index (κ1) is 13.9. The quantitative estimate of drug-likeness (QED) is 0.850. The second-order valence-corrected chi connectivity index (χ2v) is 6.95. The Morgan fingerprint density at radius 2 is 2.30 bits per heavy atom. The molecule has 1 fully saturated rings. The number of aromatic nitrogens is 3. The Morgan fingerprint density at radius 3 is 2.95 bits per heavy atom. The van der Waals surface area contributed by atoms with Gasteiger partial charge in [-0.2, -0.15) is 5.10 Å². The van der Waals surface area contributed by atoms with Crippen molar-refractivity contribution in [3.63, 3.8) is 0 Å². The summed E-state index contributed by atoms with van der Waals surface area (Å²) in [6.07, 6.45) is 5.13. The van der Waals surface area contributed by atoms with Gasteiger partial charge in [-0.1, -0.05) is 23.2 Å². The molecule has 0 unspecified atom stereocenters. The first-order chi connectivity index (χ1) is 9.65. The second kappa shape index (κ2) is 5.71. The van der Waals surface area contributed by atoms with E-state index in [0.717, 1.165) is 19.4 Å². The number of hydrogen-bond donors (Lipinski definition) is 0. The third-order valence-corrected chi connectivity index (χ3v) is 4.87. The fourth-order valence-electron chi connectivity index (χ4n) is 2.42. The first-order valence-corrected chi connectivity index (χ1v) is 7.80. The summed E-state index contributed by atoms with van der Waals surface area (Å²) in [6.45, 7) is 1.35. The summed E-state index contributed by atoms with van der Waals surface area (Å²) in [5.74, 6) is -0.0667. The number of carbonyl (C=O) groups is 1. The van der Waals surface area contributed by atoms with Crippen LogP contribution in [-0.4, -0.2) is 38.7 Å². The van der Waals surface area contributed by atoms with Crippen molar-refractivity contribution in [1.82, 2.24) is 19.7 Å². The van der Waals surface area contributed by atoms with Crippen molar-refractivity contribution in [2.45, 2.75) is 18.9 Å². The number of likely N-dealkylation sites (tertiary alicyclic amines) is 1. The highest BCUT2D eigenvalue weighted by Crippen LogP contribution is 2.33. The van der Waals surface area contributed by atoms with E-state index in [2.05, 4.69) is 10.1 Å². The molecule has 8 heteroatoms. The molecule has 0 spiro atoms. The number of thiophene rings is 1. The largest absolute Gasteiger partial charge is 0.336 e. The standard InChI is InChI=1S/C12H12Cl2N4OS/c13-10-4-9(11(14)20-10)12(19)17-3-1-2-8(5-17)18-7-15-6-16-18/h4,6-8H,1-3,5H2/t8-/m1/s1. The minimum absolute atomic E-state index is 0.0667. The maximum absolute atomic E-state index is 12.5. The molecule has 3 rings (SSSR count). The van der Waals surface area contributed by atoms with Crippen LogP contribution in [0.1, 0.15) is 29.2 Å². The average molecular weight is 331 g/mol. The van der Waals surface area contributed by atoms with E-state index < -0.39 is 0 Å². The summed E-state index contributed by atoms with van der Waals surface area (Å²) in [7, 11) is 0. The Labute approximate surface area is 130 Å². The minimum atomic E-state index is -0.0667. The van der Waals surface area contributed by atoms with E-state index >= 15 is 0 Å². The predicted octanol–water partition coefficient (Wildman–Crippen LogP) is 3.12. The predicted molar refractivity (Wildman–Crippen MR) is 78.5 cm³/mol. The molecule has 2 aromatic heterocycles. The summed E-state index contributed by atoms with van der Waals surface area (Å²) in [5, 5.41) is 4.15. The molecule has 3 heterocycles. The van der Waals surface area contributed by atoms with Gasteiger partial charge < -0.3 is 4.90 Å².